The number of ether oxygens (including phenoxy) is 2. The summed E-state index contributed by atoms with van der Waals surface area (Å²) in [7, 11) is 1.48. The van der Waals surface area contributed by atoms with Gasteiger partial charge in [0.2, 0.25) is 5.88 Å². The van der Waals surface area contributed by atoms with Gasteiger partial charge >= 0.3 is 0 Å². The van der Waals surface area contributed by atoms with E-state index in [9.17, 15) is 18.4 Å². The lowest BCUT2D eigenvalue weighted by Crippen LogP contribution is -2.28. The van der Waals surface area contributed by atoms with E-state index in [1.165, 1.54) is 66.7 Å². The van der Waals surface area contributed by atoms with Crippen LogP contribution in [0.15, 0.2) is 78.0 Å². The topological polar surface area (TPSA) is 96.2 Å². The predicted molar refractivity (Wildman–Crippen MR) is 135 cm³/mol. The van der Waals surface area contributed by atoms with Crippen LogP contribution in [-0.4, -0.2) is 32.4 Å². The van der Waals surface area contributed by atoms with E-state index in [2.05, 4.69) is 15.0 Å². The lowest BCUT2D eigenvalue weighted by molar-refractivity contribution is 0.0990. The Morgan fingerprint density at radius 1 is 0.947 bits per heavy atom. The lowest BCUT2D eigenvalue weighted by Gasteiger charge is -2.12. The first-order valence-electron chi connectivity index (χ1n) is 11.5. The molecular weight excluding hydrogens is 494 g/mol. The molecule has 5 rings (SSSR count). The Morgan fingerprint density at radius 2 is 1.74 bits per heavy atom. The summed E-state index contributed by atoms with van der Waals surface area (Å²) in [6.07, 6.45) is 4.01. The normalized spacial score (nSPS) is 10.9. The number of ketones is 1. The molecule has 0 atom stereocenters. The minimum Gasteiger partial charge on any atom is -0.481 e. The van der Waals surface area contributed by atoms with Crippen molar-refractivity contribution in [3.8, 4) is 23.1 Å². The van der Waals surface area contributed by atoms with E-state index in [4.69, 9.17) is 9.47 Å². The highest BCUT2D eigenvalue weighted by Gasteiger charge is 2.18. The molecule has 8 nitrogen and oxygen atoms in total. The summed E-state index contributed by atoms with van der Waals surface area (Å²) < 4.78 is 40.5. The third kappa shape index (κ3) is 4.83. The maximum Gasteiger partial charge on any atom is 0.268 e. The zero-order valence-corrected chi connectivity index (χ0v) is 20.3. The average molecular weight is 514 g/mol. The molecule has 190 valence electrons. The second-order valence-corrected chi connectivity index (χ2v) is 8.36. The smallest absolute Gasteiger partial charge is 0.268 e. The molecule has 0 amide bonds. The summed E-state index contributed by atoms with van der Waals surface area (Å²) in [5, 5.41) is 0.585. The summed E-state index contributed by atoms with van der Waals surface area (Å²) in [5.41, 5.74) is 0.513. The minimum atomic E-state index is -0.688. The number of halogens is 2. The molecule has 3 heterocycles. The Kier molecular flexibility index (Phi) is 6.61. The van der Waals surface area contributed by atoms with Crippen molar-refractivity contribution in [3.05, 3.63) is 112 Å². The summed E-state index contributed by atoms with van der Waals surface area (Å²) in [6, 6.07) is 12.6. The van der Waals surface area contributed by atoms with Crippen molar-refractivity contribution in [1.82, 2.24) is 19.5 Å². The molecule has 0 saturated heterocycles. The first-order valence-corrected chi connectivity index (χ1v) is 11.5. The zero-order valence-electron chi connectivity index (χ0n) is 20.3. The predicted octanol–water partition coefficient (Wildman–Crippen LogP) is 4.99. The summed E-state index contributed by atoms with van der Waals surface area (Å²) in [4.78, 5) is 38.5. The Labute approximate surface area is 215 Å². The highest BCUT2D eigenvalue weighted by molar-refractivity contribution is 5.97. The van der Waals surface area contributed by atoms with Crippen LogP contribution in [0.1, 0.15) is 21.7 Å². The number of rotatable bonds is 7. The molecule has 0 N–H and O–H groups in total. The van der Waals surface area contributed by atoms with Crippen LogP contribution < -0.4 is 15.0 Å². The first kappa shape index (κ1) is 24.7. The lowest BCUT2D eigenvalue weighted by atomic mass is 10.0. The Bertz CT molecular complexity index is 1740. The van der Waals surface area contributed by atoms with Crippen LogP contribution in [0, 0.1) is 18.6 Å². The Morgan fingerprint density at radius 3 is 2.47 bits per heavy atom. The van der Waals surface area contributed by atoms with Gasteiger partial charge in [-0.25, -0.2) is 18.7 Å². The van der Waals surface area contributed by atoms with E-state index in [0.717, 1.165) is 0 Å². The van der Waals surface area contributed by atoms with Gasteiger partial charge in [-0.3, -0.25) is 19.1 Å². The number of methoxy groups -OCH3 is 1. The van der Waals surface area contributed by atoms with Crippen LogP contribution in [0.5, 0.6) is 17.4 Å². The van der Waals surface area contributed by atoms with Crippen LogP contribution in [0.4, 0.5) is 8.78 Å². The molecule has 0 fully saturated rings. The van der Waals surface area contributed by atoms with Crippen LogP contribution in [0.3, 0.4) is 0 Å². The zero-order chi connectivity index (χ0) is 26.8. The largest absolute Gasteiger partial charge is 0.481 e. The second kappa shape index (κ2) is 10.2. The van der Waals surface area contributed by atoms with Gasteiger partial charge in [-0.2, -0.15) is 0 Å². The van der Waals surface area contributed by atoms with Crippen molar-refractivity contribution in [3.63, 3.8) is 0 Å². The van der Waals surface area contributed by atoms with Gasteiger partial charge in [-0.1, -0.05) is 6.07 Å². The molecule has 38 heavy (non-hydrogen) atoms. The molecule has 0 spiro atoms. The summed E-state index contributed by atoms with van der Waals surface area (Å²) in [6.45, 7) is 1.60. The number of aromatic nitrogens is 4. The van der Waals surface area contributed by atoms with Gasteiger partial charge < -0.3 is 9.47 Å². The molecule has 0 aliphatic rings. The fourth-order valence-corrected chi connectivity index (χ4v) is 3.96. The maximum absolute atomic E-state index is 15.0. The highest BCUT2D eigenvalue weighted by Crippen LogP contribution is 2.32. The van der Waals surface area contributed by atoms with E-state index in [0.29, 0.717) is 39.6 Å². The Hall–Kier alpha value is -4.99. The second-order valence-electron chi connectivity index (χ2n) is 8.36. The quantitative estimate of drug-likeness (QED) is 0.282. The van der Waals surface area contributed by atoms with Crippen LogP contribution in [0.2, 0.25) is 0 Å². The molecule has 5 aromatic rings. The van der Waals surface area contributed by atoms with E-state index < -0.39 is 23.0 Å². The third-order valence-electron chi connectivity index (χ3n) is 5.88. The molecule has 0 aliphatic carbocycles. The highest BCUT2D eigenvalue weighted by atomic mass is 19.1. The van der Waals surface area contributed by atoms with Crippen molar-refractivity contribution in [2.45, 2.75) is 13.3 Å². The number of hydrogen-bond acceptors (Lipinski definition) is 7. The number of carbonyl (C=O) groups excluding carboxylic acids is 1. The van der Waals surface area contributed by atoms with Gasteiger partial charge in [0.05, 0.1) is 24.5 Å². The van der Waals surface area contributed by atoms with Crippen molar-refractivity contribution in [1.29, 1.82) is 0 Å². The van der Waals surface area contributed by atoms with Gasteiger partial charge in [0.15, 0.2) is 17.3 Å². The minimum absolute atomic E-state index is 0.0554. The van der Waals surface area contributed by atoms with Gasteiger partial charge in [0, 0.05) is 30.3 Å². The number of carbonyl (C=O) groups is 1. The van der Waals surface area contributed by atoms with E-state index in [-0.39, 0.29) is 17.7 Å². The average Bonchev–Trinajstić information content (AvgIpc) is 2.91. The van der Waals surface area contributed by atoms with Gasteiger partial charge in [0.25, 0.3) is 5.56 Å². The number of nitrogens with zero attached hydrogens (tertiary/aromatic N) is 4. The van der Waals surface area contributed by atoms with Gasteiger partial charge in [0.1, 0.15) is 23.0 Å². The van der Waals surface area contributed by atoms with Crippen molar-refractivity contribution in [2.24, 2.45) is 0 Å². The molecular formula is C28H20F2N4O4. The van der Waals surface area contributed by atoms with Crippen molar-refractivity contribution >= 4 is 16.7 Å². The molecule has 2 aromatic carbocycles. The first-order chi connectivity index (χ1) is 18.3. The monoisotopic (exact) mass is 514 g/mol. The number of pyridine rings is 2. The van der Waals surface area contributed by atoms with Crippen LogP contribution >= 0.6 is 0 Å². The summed E-state index contributed by atoms with van der Waals surface area (Å²) >= 11 is 0. The fraction of sp³-hybridized carbons (Fsp3) is 0.107. The summed E-state index contributed by atoms with van der Waals surface area (Å²) in [5.74, 6) is -0.691. The number of hydrogen-bond donors (Lipinski definition) is 0. The number of Topliss-reactive ketones (excluding diaryl/α,β-unsaturated/α-hetero) is 1. The number of benzene rings is 2. The Balaban J connectivity index is 1.39. The van der Waals surface area contributed by atoms with Gasteiger partial charge in [-0.15, -0.1) is 0 Å². The SMILES string of the molecule is COc1cc2c(Oc3ccc(CC(=O)c4cnc(C)n(-c5ccc(F)cc5)c4=O)cc3F)ccnc2cn1. The third-order valence-corrected chi connectivity index (χ3v) is 5.88. The van der Waals surface area contributed by atoms with Crippen LogP contribution in [-0.2, 0) is 6.42 Å². The molecule has 0 radical (unpaired) electrons. The number of aryl methyl sites for hydroxylation is 1. The standard InChI is InChI=1S/C28H20F2N4O4/c1-16-32-14-21(28(36)34(16)19-6-4-18(29)5-7-19)24(35)12-17-3-8-26(22(30)11-17)38-25-9-10-31-23-15-33-27(37-2)13-20(23)25/h3-11,13-15H,12H2,1-2H3. The molecule has 0 saturated carbocycles. The van der Waals surface area contributed by atoms with Crippen molar-refractivity contribution < 1.29 is 23.0 Å². The van der Waals surface area contributed by atoms with E-state index in [1.807, 2.05) is 0 Å². The molecule has 3 aromatic heterocycles. The van der Waals surface area contributed by atoms with E-state index >= 15 is 0 Å². The molecule has 0 unspecified atom stereocenters. The van der Waals surface area contributed by atoms with E-state index in [1.54, 1.807) is 25.1 Å². The maximum atomic E-state index is 15.0. The molecule has 10 heteroatoms. The number of fused-ring (bicyclic) bond motifs is 1. The van der Waals surface area contributed by atoms with Crippen molar-refractivity contribution in [2.75, 3.05) is 7.11 Å². The molecule has 0 aliphatic heterocycles. The van der Waals surface area contributed by atoms with Crippen LogP contribution in [0.25, 0.3) is 16.6 Å². The fourth-order valence-electron chi connectivity index (χ4n) is 3.96. The van der Waals surface area contributed by atoms with Gasteiger partial charge in [-0.05, 0) is 55.0 Å². The molecule has 0 bridgehead atoms.